The second-order valence-electron chi connectivity index (χ2n) is 11.3. The van der Waals surface area contributed by atoms with Crippen molar-refractivity contribution in [3.63, 3.8) is 0 Å². The molecule has 2 heterocycles. The number of ether oxygens (including phenoxy) is 1. The summed E-state index contributed by atoms with van der Waals surface area (Å²) in [4.78, 5) is 30.7. The van der Waals surface area contributed by atoms with Crippen LogP contribution in [0.2, 0.25) is 0 Å². The summed E-state index contributed by atoms with van der Waals surface area (Å²) in [6.45, 7) is 11.4. The number of carbonyl (C=O) groups excluding carboxylic acids is 2. The van der Waals surface area contributed by atoms with E-state index in [1.807, 2.05) is 25.3 Å². The first-order chi connectivity index (χ1) is 16.8. The van der Waals surface area contributed by atoms with Crippen LogP contribution in [0.3, 0.4) is 0 Å². The molecule has 200 valence electrons. The molecule has 1 aliphatic heterocycles. The van der Waals surface area contributed by atoms with E-state index < -0.39 is 35.6 Å². The van der Waals surface area contributed by atoms with Gasteiger partial charge in [-0.15, -0.1) is 11.3 Å². The number of allylic oxidation sites excluding steroid dienone is 1. The number of nitrogens with two attached hydrogens (primary N) is 1. The van der Waals surface area contributed by atoms with Gasteiger partial charge in [0.05, 0.1) is 29.7 Å². The van der Waals surface area contributed by atoms with E-state index in [0.29, 0.717) is 24.8 Å². The number of Topliss-reactive ketones (excluding diaryl/α,β-unsaturated/α-hetero) is 1. The summed E-state index contributed by atoms with van der Waals surface area (Å²) >= 11 is 1.49. The van der Waals surface area contributed by atoms with E-state index in [-0.39, 0.29) is 18.1 Å². The molecule has 0 aromatic carbocycles. The van der Waals surface area contributed by atoms with E-state index in [9.17, 15) is 19.8 Å². The molecule has 1 aliphatic carbocycles. The van der Waals surface area contributed by atoms with Gasteiger partial charge < -0.3 is 20.7 Å². The van der Waals surface area contributed by atoms with Crippen molar-refractivity contribution in [2.75, 3.05) is 0 Å². The molecule has 1 aromatic rings. The first kappa shape index (κ1) is 28.7. The second-order valence-corrected chi connectivity index (χ2v) is 12.3. The van der Waals surface area contributed by atoms with Crippen molar-refractivity contribution in [1.82, 2.24) is 4.98 Å². The summed E-state index contributed by atoms with van der Waals surface area (Å²) < 4.78 is 5.85. The summed E-state index contributed by atoms with van der Waals surface area (Å²) in [6, 6.07) is 0. The number of aliphatic hydroxyl groups is 2. The van der Waals surface area contributed by atoms with Gasteiger partial charge in [-0.25, -0.2) is 4.98 Å². The quantitative estimate of drug-likeness (QED) is 0.403. The van der Waals surface area contributed by atoms with Gasteiger partial charge in [0.25, 0.3) is 0 Å². The molecule has 2 aliphatic rings. The first-order valence-corrected chi connectivity index (χ1v) is 13.8. The highest BCUT2D eigenvalue weighted by molar-refractivity contribution is 7.09. The molecule has 0 bridgehead atoms. The molecule has 1 aromatic heterocycles. The number of ketones is 1. The fraction of sp³-hybridized carbons (Fsp3) is 0.679. The summed E-state index contributed by atoms with van der Waals surface area (Å²) in [5, 5.41) is 24.6. The Morgan fingerprint density at radius 1 is 1.28 bits per heavy atom. The number of hydrogen-bond acceptors (Lipinski definition) is 8. The average Bonchev–Trinajstić information content (AvgIpc) is 3.44. The zero-order chi connectivity index (χ0) is 26.8. The number of aromatic nitrogens is 1. The number of cyclic esters (lactones) is 1. The summed E-state index contributed by atoms with van der Waals surface area (Å²) in [5.41, 5.74) is 7.33. The van der Waals surface area contributed by atoms with Gasteiger partial charge in [-0.2, -0.15) is 0 Å². The van der Waals surface area contributed by atoms with E-state index >= 15 is 0 Å². The normalized spacial score (nSPS) is 36.0. The minimum absolute atomic E-state index is 0.0120. The lowest BCUT2D eigenvalue weighted by molar-refractivity contribution is -0.154. The fourth-order valence-corrected chi connectivity index (χ4v) is 5.96. The fourth-order valence-electron chi connectivity index (χ4n) is 5.33. The maximum Gasteiger partial charge on any atom is 0.309 e. The zero-order valence-electron chi connectivity index (χ0n) is 22.4. The molecule has 7 nitrogen and oxygen atoms in total. The number of nitrogens with zero attached hydrogens (tertiary/aromatic N) is 1. The van der Waals surface area contributed by atoms with Crippen molar-refractivity contribution in [1.29, 1.82) is 0 Å². The van der Waals surface area contributed by atoms with Gasteiger partial charge in [0.15, 0.2) is 0 Å². The third-order valence-corrected chi connectivity index (χ3v) is 9.00. The Morgan fingerprint density at radius 3 is 2.61 bits per heavy atom. The van der Waals surface area contributed by atoms with Gasteiger partial charge in [0.1, 0.15) is 16.9 Å². The van der Waals surface area contributed by atoms with E-state index in [2.05, 4.69) is 18.0 Å². The predicted molar refractivity (Wildman–Crippen MR) is 142 cm³/mol. The number of fused-ring (bicyclic) bond motifs is 1. The van der Waals surface area contributed by atoms with Crippen LogP contribution in [0.5, 0.6) is 0 Å². The van der Waals surface area contributed by atoms with Crippen LogP contribution >= 0.6 is 11.3 Å². The van der Waals surface area contributed by atoms with Crippen molar-refractivity contribution >= 4 is 29.2 Å². The third kappa shape index (κ3) is 6.71. The topological polar surface area (TPSA) is 123 Å². The first-order valence-electron chi connectivity index (χ1n) is 12.9. The third-order valence-electron chi connectivity index (χ3n) is 8.11. The van der Waals surface area contributed by atoms with Crippen LogP contribution in [0.1, 0.15) is 77.9 Å². The lowest BCUT2D eigenvalue weighted by Gasteiger charge is -2.34. The van der Waals surface area contributed by atoms with Crippen molar-refractivity contribution in [3.8, 4) is 0 Å². The Morgan fingerprint density at radius 2 is 1.97 bits per heavy atom. The van der Waals surface area contributed by atoms with Crippen LogP contribution in [0, 0.1) is 29.1 Å². The number of rotatable bonds is 3. The molecule has 1 fully saturated rings. The van der Waals surface area contributed by atoms with Gasteiger partial charge in [-0.1, -0.05) is 39.3 Å². The molecule has 0 spiro atoms. The average molecular weight is 519 g/mol. The van der Waals surface area contributed by atoms with Crippen molar-refractivity contribution in [2.45, 2.75) is 92.1 Å². The van der Waals surface area contributed by atoms with Crippen LogP contribution < -0.4 is 5.73 Å². The van der Waals surface area contributed by atoms with Gasteiger partial charge in [0, 0.05) is 24.3 Å². The lowest BCUT2D eigenvalue weighted by Crippen LogP contribution is -2.46. The van der Waals surface area contributed by atoms with Gasteiger partial charge in [-0.05, 0) is 56.1 Å². The summed E-state index contributed by atoms with van der Waals surface area (Å²) in [7, 11) is 0. The number of esters is 1. The zero-order valence-corrected chi connectivity index (χ0v) is 23.2. The lowest BCUT2D eigenvalue weighted by atomic mass is 9.72. The van der Waals surface area contributed by atoms with Crippen molar-refractivity contribution < 1.29 is 24.5 Å². The number of thiazole rings is 1. The highest BCUT2D eigenvalue weighted by Crippen LogP contribution is 2.50. The molecule has 7 atom stereocenters. The van der Waals surface area contributed by atoms with E-state index in [1.54, 1.807) is 20.8 Å². The minimum atomic E-state index is -1.23. The minimum Gasteiger partial charge on any atom is -0.457 e. The Kier molecular flexibility index (Phi) is 9.30. The van der Waals surface area contributed by atoms with Crippen LogP contribution in [0.15, 0.2) is 22.6 Å². The SMILES string of the molecule is CC(=Cc1csc(CN)n1)[C@H]1C/C=C(/C)CC2CC2[C@H](C)[C@H](O)[C@@H](C)C(=O)C(C)(C)[C@@H](O)CC(=O)O1. The van der Waals surface area contributed by atoms with Gasteiger partial charge in [0.2, 0.25) is 0 Å². The highest BCUT2D eigenvalue weighted by Gasteiger charge is 2.47. The maximum absolute atomic E-state index is 13.3. The van der Waals surface area contributed by atoms with E-state index in [4.69, 9.17) is 10.5 Å². The molecule has 0 amide bonds. The molecule has 0 saturated heterocycles. The molecule has 1 saturated carbocycles. The Balaban J connectivity index is 1.88. The van der Waals surface area contributed by atoms with Crippen LogP contribution in [-0.4, -0.2) is 45.3 Å². The van der Waals surface area contributed by atoms with Crippen molar-refractivity contribution in [3.05, 3.63) is 33.3 Å². The Hall–Kier alpha value is -1.87. The molecular weight excluding hydrogens is 476 g/mol. The maximum atomic E-state index is 13.3. The van der Waals surface area contributed by atoms with Crippen molar-refractivity contribution in [2.24, 2.45) is 34.8 Å². The van der Waals surface area contributed by atoms with Crippen LogP contribution in [0.25, 0.3) is 6.08 Å². The number of carbonyl (C=O) groups is 2. The molecule has 3 rings (SSSR count). The molecule has 4 N–H and O–H groups in total. The van der Waals surface area contributed by atoms with E-state index in [1.165, 1.54) is 16.9 Å². The highest BCUT2D eigenvalue weighted by atomic mass is 32.1. The van der Waals surface area contributed by atoms with Gasteiger partial charge >= 0.3 is 5.97 Å². The summed E-state index contributed by atoms with van der Waals surface area (Å²) in [5.74, 6) is -0.611. The summed E-state index contributed by atoms with van der Waals surface area (Å²) in [6.07, 6.45) is 3.66. The molecule has 2 unspecified atom stereocenters. The number of aliphatic hydroxyl groups excluding tert-OH is 2. The molecule has 36 heavy (non-hydrogen) atoms. The largest absolute Gasteiger partial charge is 0.457 e. The predicted octanol–water partition coefficient (Wildman–Crippen LogP) is 4.27. The Labute approximate surface area is 218 Å². The standard InChI is InChI=1S/C28H42N2O5S/c1-15-7-8-22(16(2)10-20-14-36-24(13-29)30-20)35-25(32)12-23(31)28(5,6)27(34)18(4)26(33)17(3)21-11-19(21)9-15/h7,10,14,17-19,21-23,26,31,33H,8-9,11-13,29H2,1-6H3/b15-7-,16-10?/t17-,18+,19?,21?,22+,23-,26-/m0/s1. The molecular formula is C28H42N2O5S. The number of hydrogen-bond donors (Lipinski definition) is 3. The second kappa shape index (κ2) is 11.7. The monoisotopic (exact) mass is 518 g/mol. The van der Waals surface area contributed by atoms with Crippen LogP contribution in [0.4, 0.5) is 0 Å². The van der Waals surface area contributed by atoms with Gasteiger partial charge in [-0.3, -0.25) is 9.59 Å². The van der Waals surface area contributed by atoms with E-state index in [0.717, 1.165) is 29.1 Å². The molecule has 0 radical (unpaired) electrons. The Bertz CT molecular complexity index is 1010. The van der Waals surface area contributed by atoms with Crippen LogP contribution in [-0.2, 0) is 20.9 Å². The molecule has 8 heteroatoms. The smallest absolute Gasteiger partial charge is 0.309 e.